The zero-order valence-electron chi connectivity index (χ0n) is 15.2. The number of pyridine rings is 2. The number of halogens is 3. The largest absolute Gasteiger partial charge is 0.433 e. The molecule has 0 radical (unpaired) electrons. The van der Waals surface area contributed by atoms with Crippen molar-refractivity contribution in [2.45, 2.75) is 12.7 Å². The molecule has 0 spiro atoms. The van der Waals surface area contributed by atoms with Crippen molar-refractivity contribution in [1.29, 1.82) is 0 Å². The van der Waals surface area contributed by atoms with Crippen molar-refractivity contribution >= 4 is 5.57 Å². The van der Waals surface area contributed by atoms with E-state index in [4.69, 9.17) is 0 Å². The molecule has 5 nitrogen and oxygen atoms in total. The summed E-state index contributed by atoms with van der Waals surface area (Å²) < 4.78 is 38.6. The summed E-state index contributed by atoms with van der Waals surface area (Å²) in [5, 5.41) is 0. The van der Waals surface area contributed by atoms with Crippen LogP contribution in [0.1, 0.15) is 17.0 Å². The first kappa shape index (κ1) is 18.8. The van der Waals surface area contributed by atoms with Gasteiger partial charge in [0.05, 0.1) is 17.6 Å². The minimum Gasteiger partial charge on any atom is -0.369 e. The van der Waals surface area contributed by atoms with Crippen molar-refractivity contribution < 1.29 is 13.2 Å². The van der Waals surface area contributed by atoms with E-state index in [1.54, 1.807) is 30.9 Å². The molecule has 1 aliphatic rings. The standard InChI is InChI=1S/C21H16F3N5/c22-21(23,24)20-10-16(5-6-27-20)18-4-3-15(11-28-18)13-29-9-1-2-17(14-29)19-12-25-7-8-26-19/h1-8,10-12,14H,9,13H2. The molecule has 3 aromatic rings. The first-order chi connectivity index (χ1) is 14.0. The average molecular weight is 395 g/mol. The lowest BCUT2D eigenvalue weighted by molar-refractivity contribution is -0.141. The Hall–Kier alpha value is -3.55. The summed E-state index contributed by atoms with van der Waals surface area (Å²) in [4.78, 5) is 18.2. The summed E-state index contributed by atoms with van der Waals surface area (Å²) in [6.45, 7) is 1.36. The Labute approximate surface area is 165 Å². The zero-order chi connectivity index (χ0) is 20.3. The smallest absolute Gasteiger partial charge is 0.369 e. The fourth-order valence-corrected chi connectivity index (χ4v) is 2.99. The highest BCUT2D eigenvalue weighted by Crippen LogP contribution is 2.30. The third-order valence-electron chi connectivity index (χ3n) is 4.37. The molecular formula is C21H16F3N5. The number of hydrogen-bond donors (Lipinski definition) is 0. The molecule has 0 aromatic carbocycles. The van der Waals surface area contributed by atoms with Gasteiger partial charge in [0.15, 0.2) is 0 Å². The van der Waals surface area contributed by atoms with Crippen LogP contribution in [-0.2, 0) is 12.7 Å². The van der Waals surface area contributed by atoms with Gasteiger partial charge in [0.1, 0.15) is 5.69 Å². The molecule has 0 N–H and O–H groups in total. The topological polar surface area (TPSA) is 54.8 Å². The number of allylic oxidation sites excluding steroid dienone is 2. The lowest BCUT2D eigenvalue weighted by atomic mass is 10.1. The molecule has 0 saturated carbocycles. The van der Waals surface area contributed by atoms with Crippen molar-refractivity contribution in [2.75, 3.05) is 6.54 Å². The highest BCUT2D eigenvalue weighted by Gasteiger charge is 2.32. The van der Waals surface area contributed by atoms with Crippen LogP contribution in [0.4, 0.5) is 13.2 Å². The number of nitrogens with zero attached hydrogens (tertiary/aromatic N) is 5. The predicted octanol–water partition coefficient (Wildman–Crippen LogP) is 4.37. The summed E-state index contributed by atoms with van der Waals surface area (Å²) in [5.41, 5.74) is 2.62. The van der Waals surface area contributed by atoms with E-state index in [1.807, 2.05) is 24.4 Å². The van der Waals surface area contributed by atoms with Gasteiger partial charge in [0, 0.05) is 55.2 Å². The Morgan fingerprint density at radius 3 is 2.55 bits per heavy atom. The van der Waals surface area contributed by atoms with Gasteiger partial charge < -0.3 is 4.90 Å². The van der Waals surface area contributed by atoms with E-state index in [1.165, 1.54) is 6.07 Å². The van der Waals surface area contributed by atoms with Crippen molar-refractivity contribution in [2.24, 2.45) is 0 Å². The predicted molar refractivity (Wildman–Crippen MR) is 102 cm³/mol. The van der Waals surface area contributed by atoms with Gasteiger partial charge in [0.2, 0.25) is 0 Å². The second kappa shape index (κ2) is 7.83. The summed E-state index contributed by atoms with van der Waals surface area (Å²) in [5.74, 6) is 0. The molecule has 3 aromatic heterocycles. The van der Waals surface area contributed by atoms with Crippen LogP contribution in [0.2, 0.25) is 0 Å². The molecule has 0 fully saturated rings. The quantitative estimate of drug-likeness (QED) is 0.657. The molecule has 4 rings (SSSR count). The van der Waals surface area contributed by atoms with E-state index in [2.05, 4.69) is 24.8 Å². The van der Waals surface area contributed by atoms with Gasteiger partial charge >= 0.3 is 6.18 Å². The van der Waals surface area contributed by atoms with Crippen LogP contribution >= 0.6 is 0 Å². The Bertz CT molecular complexity index is 1040. The normalized spacial score (nSPS) is 14.0. The number of aromatic nitrogens is 4. The fraction of sp³-hybridized carbons (Fsp3) is 0.143. The zero-order valence-corrected chi connectivity index (χ0v) is 15.2. The molecule has 0 aliphatic carbocycles. The van der Waals surface area contributed by atoms with E-state index in [9.17, 15) is 13.2 Å². The highest BCUT2D eigenvalue weighted by atomic mass is 19.4. The third kappa shape index (κ3) is 4.48. The maximum atomic E-state index is 12.9. The van der Waals surface area contributed by atoms with Crippen molar-refractivity contribution in [3.63, 3.8) is 0 Å². The second-order valence-electron chi connectivity index (χ2n) is 6.49. The maximum absolute atomic E-state index is 12.9. The van der Waals surface area contributed by atoms with Gasteiger partial charge in [-0.3, -0.25) is 19.9 Å². The molecule has 0 bridgehead atoms. The van der Waals surface area contributed by atoms with E-state index in [0.717, 1.165) is 35.6 Å². The van der Waals surface area contributed by atoms with Gasteiger partial charge in [-0.1, -0.05) is 18.2 Å². The van der Waals surface area contributed by atoms with Crippen LogP contribution in [0.15, 0.2) is 73.6 Å². The number of rotatable bonds is 4. The van der Waals surface area contributed by atoms with E-state index in [0.29, 0.717) is 17.8 Å². The van der Waals surface area contributed by atoms with Crippen LogP contribution in [0.5, 0.6) is 0 Å². The van der Waals surface area contributed by atoms with Gasteiger partial charge in [-0.15, -0.1) is 0 Å². The summed E-state index contributed by atoms with van der Waals surface area (Å²) in [6.07, 6.45) is 9.38. The minimum atomic E-state index is -4.48. The SMILES string of the molecule is FC(F)(F)c1cc(-c2ccc(CN3C=C(c4cnccn4)C=CC3)cn2)ccn1. The van der Waals surface area contributed by atoms with Crippen LogP contribution in [0.25, 0.3) is 16.8 Å². The van der Waals surface area contributed by atoms with E-state index in [-0.39, 0.29) is 0 Å². The van der Waals surface area contributed by atoms with Crippen LogP contribution < -0.4 is 0 Å². The lowest BCUT2D eigenvalue weighted by Crippen LogP contribution is -2.19. The monoisotopic (exact) mass is 395 g/mol. The molecule has 8 heteroatoms. The first-order valence-electron chi connectivity index (χ1n) is 8.86. The first-order valence-corrected chi connectivity index (χ1v) is 8.86. The second-order valence-corrected chi connectivity index (χ2v) is 6.49. The Morgan fingerprint density at radius 1 is 0.931 bits per heavy atom. The molecule has 1 aliphatic heterocycles. The molecule has 0 amide bonds. The molecule has 0 unspecified atom stereocenters. The summed E-state index contributed by atoms with van der Waals surface area (Å²) in [7, 11) is 0. The molecule has 29 heavy (non-hydrogen) atoms. The molecule has 4 heterocycles. The maximum Gasteiger partial charge on any atom is 0.433 e. The van der Waals surface area contributed by atoms with Gasteiger partial charge in [-0.25, -0.2) is 0 Å². The summed E-state index contributed by atoms with van der Waals surface area (Å²) in [6, 6.07) is 6.11. The number of hydrogen-bond acceptors (Lipinski definition) is 5. The van der Waals surface area contributed by atoms with E-state index >= 15 is 0 Å². The van der Waals surface area contributed by atoms with Crippen LogP contribution in [-0.4, -0.2) is 31.4 Å². The fourth-order valence-electron chi connectivity index (χ4n) is 2.99. The van der Waals surface area contributed by atoms with Crippen LogP contribution in [0.3, 0.4) is 0 Å². The van der Waals surface area contributed by atoms with Crippen molar-refractivity contribution in [3.05, 3.63) is 90.6 Å². The van der Waals surface area contributed by atoms with Crippen LogP contribution in [0, 0.1) is 0 Å². The average Bonchev–Trinajstić information content (AvgIpc) is 2.75. The summed E-state index contributed by atoms with van der Waals surface area (Å²) >= 11 is 0. The van der Waals surface area contributed by atoms with Gasteiger partial charge in [-0.05, 0) is 23.8 Å². The highest BCUT2D eigenvalue weighted by molar-refractivity contribution is 5.71. The van der Waals surface area contributed by atoms with Crippen molar-refractivity contribution in [1.82, 2.24) is 24.8 Å². The molecule has 0 saturated heterocycles. The van der Waals surface area contributed by atoms with Crippen molar-refractivity contribution in [3.8, 4) is 11.3 Å². The lowest BCUT2D eigenvalue weighted by Gasteiger charge is -2.23. The molecule has 0 atom stereocenters. The Balaban J connectivity index is 1.49. The molecular weight excluding hydrogens is 379 g/mol. The minimum absolute atomic E-state index is 0.379. The number of alkyl halides is 3. The molecule has 146 valence electrons. The van der Waals surface area contributed by atoms with E-state index < -0.39 is 11.9 Å². The third-order valence-corrected chi connectivity index (χ3v) is 4.37. The Kier molecular flexibility index (Phi) is 5.07. The Morgan fingerprint density at radius 2 is 1.83 bits per heavy atom. The van der Waals surface area contributed by atoms with Gasteiger partial charge in [-0.2, -0.15) is 13.2 Å². The van der Waals surface area contributed by atoms with Gasteiger partial charge in [0.25, 0.3) is 0 Å².